The van der Waals surface area contributed by atoms with E-state index in [4.69, 9.17) is 4.74 Å². The van der Waals surface area contributed by atoms with Gasteiger partial charge < -0.3 is 25.2 Å². The second-order valence-corrected chi connectivity index (χ2v) is 7.86. The molecule has 2 aliphatic rings. The first-order valence-electron chi connectivity index (χ1n) is 10.9. The number of esters is 1. The Morgan fingerprint density at radius 2 is 1.42 bits per heavy atom. The van der Waals surface area contributed by atoms with Gasteiger partial charge in [-0.25, -0.2) is 0 Å². The largest absolute Gasteiger partial charge is 0.469 e. The number of nitrogens with zero attached hydrogens (tertiary/aromatic N) is 4. The van der Waals surface area contributed by atoms with Gasteiger partial charge in [-0.15, -0.1) is 0 Å². The van der Waals surface area contributed by atoms with Gasteiger partial charge in [0, 0.05) is 78.5 Å². The maximum Gasteiger partial charge on any atom is 0.307 e. The van der Waals surface area contributed by atoms with Crippen molar-refractivity contribution >= 4 is 24.6 Å². The molecular formula is C20H36N6O5. The lowest BCUT2D eigenvalue weighted by molar-refractivity contribution is -0.145. The number of nitrogens with one attached hydrogen (secondary N) is 2. The minimum absolute atomic E-state index is 0.0248. The van der Waals surface area contributed by atoms with Gasteiger partial charge >= 0.3 is 5.97 Å². The van der Waals surface area contributed by atoms with Crippen LogP contribution in [-0.2, 0) is 23.9 Å². The molecule has 176 valence electrons. The van der Waals surface area contributed by atoms with Crippen LogP contribution < -0.4 is 10.6 Å². The van der Waals surface area contributed by atoms with Crippen molar-refractivity contribution in [3.05, 3.63) is 0 Å². The second-order valence-electron chi connectivity index (χ2n) is 7.86. The SMILES string of the molecule is COC(=O)CC(C(=O)CN1CCNCCN(C=O)CC1)N1CCNCCN(C=O)CC1. The molecule has 2 heterocycles. The van der Waals surface area contributed by atoms with Gasteiger partial charge in [0.05, 0.1) is 26.1 Å². The zero-order chi connectivity index (χ0) is 22.5. The quantitative estimate of drug-likeness (QED) is 0.305. The molecule has 2 aliphatic heterocycles. The lowest BCUT2D eigenvalue weighted by Gasteiger charge is -2.32. The molecule has 0 aromatic heterocycles. The van der Waals surface area contributed by atoms with Crippen molar-refractivity contribution in [3.63, 3.8) is 0 Å². The van der Waals surface area contributed by atoms with Crippen molar-refractivity contribution in [2.24, 2.45) is 0 Å². The van der Waals surface area contributed by atoms with E-state index in [0.29, 0.717) is 65.4 Å². The van der Waals surface area contributed by atoms with Crippen molar-refractivity contribution in [1.82, 2.24) is 30.2 Å². The predicted octanol–water partition coefficient (Wildman–Crippen LogP) is -2.79. The Balaban J connectivity index is 2.08. The number of carbonyl (C=O) groups is 4. The molecule has 1 unspecified atom stereocenters. The molecular weight excluding hydrogens is 404 g/mol. The number of hydrogen-bond acceptors (Lipinski definition) is 9. The van der Waals surface area contributed by atoms with E-state index >= 15 is 0 Å². The van der Waals surface area contributed by atoms with E-state index in [0.717, 1.165) is 25.9 Å². The topological polar surface area (TPSA) is 115 Å². The van der Waals surface area contributed by atoms with Crippen LogP contribution in [0.1, 0.15) is 6.42 Å². The number of ether oxygens (including phenoxy) is 1. The summed E-state index contributed by atoms with van der Waals surface area (Å²) in [6.45, 7) is 7.69. The standard InChI is InChI=1S/C20H36N6O5/c1-31-20(30)14-18(26-9-5-22-4-8-25(17-28)12-13-26)19(29)15-23-6-2-21-3-7-24(16-27)11-10-23/h16-18,21-22H,2-15H2,1H3. The summed E-state index contributed by atoms with van der Waals surface area (Å²) >= 11 is 0. The van der Waals surface area contributed by atoms with Gasteiger partial charge in [0.15, 0.2) is 5.78 Å². The van der Waals surface area contributed by atoms with E-state index in [-0.39, 0.29) is 18.7 Å². The highest BCUT2D eigenvalue weighted by molar-refractivity contribution is 5.89. The lowest BCUT2D eigenvalue weighted by atomic mass is 10.1. The Morgan fingerprint density at radius 1 is 0.839 bits per heavy atom. The molecule has 0 bridgehead atoms. The van der Waals surface area contributed by atoms with Crippen LogP contribution in [0.3, 0.4) is 0 Å². The number of ketones is 1. The van der Waals surface area contributed by atoms with E-state index in [9.17, 15) is 19.2 Å². The summed E-state index contributed by atoms with van der Waals surface area (Å²) in [5.74, 6) is -0.490. The smallest absolute Gasteiger partial charge is 0.307 e. The van der Waals surface area contributed by atoms with Gasteiger partial charge in [-0.1, -0.05) is 0 Å². The summed E-state index contributed by atoms with van der Waals surface area (Å²) in [5, 5.41) is 6.55. The Kier molecular flexibility index (Phi) is 11.4. The van der Waals surface area contributed by atoms with Crippen molar-refractivity contribution in [3.8, 4) is 0 Å². The number of methoxy groups -OCH3 is 1. The Bertz CT molecular complexity index is 592. The van der Waals surface area contributed by atoms with Crippen molar-refractivity contribution < 1.29 is 23.9 Å². The molecule has 0 aromatic rings. The molecule has 0 spiro atoms. The highest BCUT2D eigenvalue weighted by Crippen LogP contribution is 2.10. The number of hydrogen-bond donors (Lipinski definition) is 2. The van der Waals surface area contributed by atoms with Crippen molar-refractivity contribution in [2.45, 2.75) is 12.5 Å². The fraction of sp³-hybridized carbons (Fsp3) is 0.800. The van der Waals surface area contributed by atoms with Gasteiger partial charge in [0.2, 0.25) is 12.8 Å². The summed E-state index contributed by atoms with van der Waals surface area (Å²) in [4.78, 5) is 55.2. The number of rotatable bonds is 8. The molecule has 1 atom stereocenters. The van der Waals surface area contributed by atoms with Crippen LogP contribution in [-0.4, -0.2) is 142 Å². The van der Waals surface area contributed by atoms with Crippen LogP contribution in [0, 0.1) is 0 Å². The van der Waals surface area contributed by atoms with E-state index < -0.39 is 12.0 Å². The van der Waals surface area contributed by atoms with E-state index in [2.05, 4.69) is 10.6 Å². The van der Waals surface area contributed by atoms with E-state index in [1.165, 1.54) is 7.11 Å². The lowest BCUT2D eigenvalue weighted by Crippen LogP contribution is -2.51. The Labute approximate surface area is 184 Å². The normalized spacial score (nSPS) is 21.5. The fourth-order valence-corrected chi connectivity index (χ4v) is 3.82. The molecule has 2 fully saturated rings. The molecule has 2 saturated heterocycles. The van der Waals surface area contributed by atoms with Crippen LogP contribution >= 0.6 is 0 Å². The molecule has 11 nitrogen and oxygen atoms in total. The third kappa shape index (κ3) is 8.90. The molecule has 11 heteroatoms. The summed E-state index contributed by atoms with van der Waals surface area (Å²) in [6, 6.07) is -0.622. The minimum atomic E-state index is -0.622. The highest BCUT2D eigenvalue weighted by Gasteiger charge is 2.30. The zero-order valence-electron chi connectivity index (χ0n) is 18.5. The van der Waals surface area contributed by atoms with Crippen LogP contribution in [0.4, 0.5) is 0 Å². The third-order valence-corrected chi connectivity index (χ3v) is 5.79. The summed E-state index contributed by atoms with van der Waals surface area (Å²) in [7, 11) is 1.32. The third-order valence-electron chi connectivity index (χ3n) is 5.79. The summed E-state index contributed by atoms with van der Waals surface area (Å²) in [5.41, 5.74) is 0. The molecule has 0 saturated carbocycles. The van der Waals surface area contributed by atoms with Crippen LogP contribution in [0.15, 0.2) is 0 Å². The average molecular weight is 441 g/mol. The van der Waals surface area contributed by atoms with Gasteiger partial charge in [0.1, 0.15) is 0 Å². The van der Waals surface area contributed by atoms with Gasteiger partial charge in [-0.3, -0.25) is 29.0 Å². The van der Waals surface area contributed by atoms with Gasteiger partial charge in [0.25, 0.3) is 0 Å². The molecule has 2 N–H and O–H groups in total. The number of Topliss-reactive ketones (excluding diaryl/α,β-unsaturated/α-hetero) is 1. The molecule has 0 radical (unpaired) electrons. The van der Waals surface area contributed by atoms with Gasteiger partial charge in [-0.2, -0.15) is 0 Å². The molecule has 2 rings (SSSR count). The maximum absolute atomic E-state index is 13.3. The first kappa shape index (κ1) is 25.2. The average Bonchev–Trinajstić information content (AvgIpc) is 2.97. The highest BCUT2D eigenvalue weighted by atomic mass is 16.5. The van der Waals surface area contributed by atoms with Crippen LogP contribution in [0.5, 0.6) is 0 Å². The molecule has 2 amide bonds. The summed E-state index contributed by atoms with van der Waals surface area (Å²) in [6.07, 6.45) is 1.63. The summed E-state index contributed by atoms with van der Waals surface area (Å²) < 4.78 is 4.85. The zero-order valence-corrected chi connectivity index (χ0v) is 18.5. The Hall–Kier alpha value is -2.08. The minimum Gasteiger partial charge on any atom is -0.469 e. The number of carbonyl (C=O) groups excluding carboxylic acids is 4. The van der Waals surface area contributed by atoms with E-state index in [1.807, 2.05) is 9.80 Å². The monoisotopic (exact) mass is 440 g/mol. The van der Waals surface area contributed by atoms with Crippen molar-refractivity contribution in [1.29, 1.82) is 0 Å². The number of amides is 2. The second kappa shape index (κ2) is 14.1. The fourth-order valence-electron chi connectivity index (χ4n) is 3.82. The van der Waals surface area contributed by atoms with Crippen LogP contribution in [0.25, 0.3) is 0 Å². The van der Waals surface area contributed by atoms with E-state index in [1.54, 1.807) is 9.80 Å². The molecule has 31 heavy (non-hydrogen) atoms. The van der Waals surface area contributed by atoms with Crippen molar-refractivity contribution in [2.75, 3.05) is 92.2 Å². The van der Waals surface area contributed by atoms with Crippen LogP contribution in [0.2, 0.25) is 0 Å². The predicted molar refractivity (Wildman–Crippen MR) is 114 cm³/mol. The first-order chi connectivity index (χ1) is 15.1. The molecule has 0 aliphatic carbocycles. The first-order valence-corrected chi connectivity index (χ1v) is 10.9. The molecule has 0 aromatic carbocycles. The van der Waals surface area contributed by atoms with Gasteiger partial charge in [-0.05, 0) is 0 Å². The Morgan fingerprint density at radius 3 is 2.03 bits per heavy atom. The maximum atomic E-state index is 13.3.